The summed E-state index contributed by atoms with van der Waals surface area (Å²) in [5.74, 6) is -0.138. The molecule has 4 amide bonds. The van der Waals surface area contributed by atoms with Crippen molar-refractivity contribution in [2.24, 2.45) is 0 Å². The van der Waals surface area contributed by atoms with E-state index >= 15 is 0 Å². The third-order valence-electron chi connectivity index (χ3n) is 6.75. The molecule has 2 saturated heterocycles. The topological polar surface area (TPSA) is 117 Å². The summed E-state index contributed by atoms with van der Waals surface area (Å²) in [6.07, 6.45) is 6.16. The minimum Gasteiger partial charge on any atom is -0.439 e. The van der Waals surface area contributed by atoms with E-state index in [9.17, 15) is 14.4 Å². The summed E-state index contributed by atoms with van der Waals surface area (Å²) in [5, 5.41) is 4.43. The quantitative estimate of drug-likeness (QED) is 0.559. The molecule has 3 aliphatic rings. The van der Waals surface area contributed by atoms with Crippen LogP contribution in [0.4, 0.5) is 16.2 Å². The summed E-state index contributed by atoms with van der Waals surface area (Å²) in [6, 6.07) is 12.7. The standard InChI is InChI=1S/C25H22N6O4/c32-22-25(23(33)29-24(34)28-22)8-2-10-31(25)19-5-7-21(27-13-19)35-20-6-4-16-14-30(15-17(16)11-20)18-3-1-9-26-12-18/h1,3-7,9,11-13H,2,8,10,14-15H2,(H2,28,29,32,33,34). The maximum Gasteiger partial charge on any atom is 0.328 e. The van der Waals surface area contributed by atoms with Crippen LogP contribution < -0.4 is 25.2 Å². The Balaban J connectivity index is 1.18. The Bertz CT molecular complexity index is 1310. The molecule has 1 aromatic carbocycles. The lowest BCUT2D eigenvalue weighted by Gasteiger charge is -2.38. The van der Waals surface area contributed by atoms with E-state index in [0.717, 1.165) is 18.8 Å². The summed E-state index contributed by atoms with van der Waals surface area (Å²) >= 11 is 0. The summed E-state index contributed by atoms with van der Waals surface area (Å²) in [6.45, 7) is 2.09. The van der Waals surface area contributed by atoms with Gasteiger partial charge in [0.2, 0.25) is 5.88 Å². The molecule has 176 valence electrons. The van der Waals surface area contributed by atoms with Gasteiger partial charge in [-0.15, -0.1) is 0 Å². The number of urea groups is 1. The van der Waals surface area contributed by atoms with Gasteiger partial charge in [0, 0.05) is 31.9 Å². The number of barbiturate groups is 1. The van der Waals surface area contributed by atoms with Crippen LogP contribution in [0, 0.1) is 0 Å². The summed E-state index contributed by atoms with van der Waals surface area (Å²) in [7, 11) is 0. The number of hydrogen-bond acceptors (Lipinski definition) is 8. The fourth-order valence-corrected chi connectivity index (χ4v) is 5.06. The normalized spacial score (nSPS) is 18.5. The Morgan fingerprint density at radius 1 is 0.914 bits per heavy atom. The lowest BCUT2D eigenvalue weighted by atomic mass is 9.92. The number of hydrogen-bond donors (Lipinski definition) is 2. The monoisotopic (exact) mass is 470 g/mol. The van der Waals surface area contributed by atoms with Gasteiger partial charge in [-0.3, -0.25) is 25.2 Å². The highest BCUT2D eigenvalue weighted by Crippen LogP contribution is 2.37. The lowest BCUT2D eigenvalue weighted by Crippen LogP contribution is -2.71. The number of nitrogens with zero attached hydrogens (tertiary/aromatic N) is 4. The number of anilines is 2. The maximum atomic E-state index is 12.7. The molecule has 3 aliphatic heterocycles. The van der Waals surface area contributed by atoms with Crippen LogP contribution in [0.2, 0.25) is 0 Å². The molecule has 6 rings (SSSR count). The van der Waals surface area contributed by atoms with Crippen LogP contribution in [-0.2, 0) is 22.7 Å². The van der Waals surface area contributed by atoms with Crippen molar-refractivity contribution in [2.75, 3.05) is 16.3 Å². The van der Waals surface area contributed by atoms with Crippen LogP contribution in [0.25, 0.3) is 0 Å². The highest BCUT2D eigenvalue weighted by molar-refractivity contribution is 6.24. The number of fused-ring (bicyclic) bond motifs is 1. The SMILES string of the molecule is O=C1NC(=O)C2(CCCN2c2ccc(Oc3ccc4c(c3)CN(c3cccnc3)C4)nc2)C(=O)N1. The average molecular weight is 470 g/mol. The van der Waals surface area contributed by atoms with Crippen molar-refractivity contribution in [1.82, 2.24) is 20.6 Å². The van der Waals surface area contributed by atoms with Crippen molar-refractivity contribution in [2.45, 2.75) is 31.5 Å². The van der Waals surface area contributed by atoms with Crippen LogP contribution >= 0.6 is 0 Å². The van der Waals surface area contributed by atoms with Crippen LogP contribution in [0.5, 0.6) is 11.6 Å². The number of pyridine rings is 2. The predicted octanol–water partition coefficient (Wildman–Crippen LogP) is 2.49. The second-order valence-corrected chi connectivity index (χ2v) is 8.81. The second-order valence-electron chi connectivity index (χ2n) is 8.81. The zero-order chi connectivity index (χ0) is 24.0. The number of imide groups is 2. The average Bonchev–Trinajstić information content (AvgIpc) is 3.49. The molecule has 1 spiro atoms. The zero-order valence-corrected chi connectivity index (χ0v) is 18.7. The van der Waals surface area contributed by atoms with E-state index < -0.39 is 23.4 Å². The number of carbonyl (C=O) groups excluding carboxylic acids is 3. The van der Waals surface area contributed by atoms with Gasteiger partial charge < -0.3 is 14.5 Å². The third-order valence-corrected chi connectivity index (χ3v) is 6.75. The van der Waals surface area contributed by atoms with Gasteiger partial charge in [-0.25, -0.2) is 9.78 Å². The molecule has 5 heterocycles. The molecule has 0 unspecified atom stereocenters. The van der Waals surface area contributed by atoms with E-state index in [2.05, 4.69) is 31.6 Å². The first-order chi connectivity index (χ1) is 17.0. The Morgan fingerprint density at radius 2 is 1.74 bits per heavy atom. The summed E-state index contributed by atoms with van der Waals surface area (Å²) in [4.78, 5) is 49.4. The number of ether oxygens (including phenoxy) is 1. The number of nitrogens with one attached hydrogen (secondary N) is 2. The number of benzene rings is 1. The molecule has 10 nitrogen and oxygen atoms in total. The molecule has 35 heavy (non-hydrogen) atoms. The fourth-order valence-electron chi connectivity index (χ4n) is 5.06. The zero-order valence-electron chi connectivity index (χ0n) is 18.7. The third kappa shape index (κ3) is 3.54. The Kier molecular flexibility index (Phi) is 4.87. The van der Waals surface area contributed by atoms with Crippen LogP contribution in [0.1, 0.15) is 24.0 Å². The first-order valence-corrected chi connectivity index (χ1v) is 11.4. The van der Waals surface area contributed by atoms with Crippen molar-refractivity contribution >= 4 is 29.2 Å². The van der Waals surface area contributed by atoms with Crippen molar-refractivity contribution in [3.63, 3.8) is 0 Å². The van der Waals surface area contributed by atoms with E-state index in [0.29, 0.717) is 36.7 Å². The lowest BCUT2D eigenvalue weighted by molar-refractivity contribution is -0.137. The van der Waals surface area contributed by atoms with Gasteiger partial charge >= 0.3 is 6.03 Å². The molecular formula is C25H22N6O4. The Hall–Kier alpha value is -4.47. The molecule has 2 aromatic heterocycles. The number of carbonyl (C=O) groups is 3. The van der Waals surface area contributed by atoms with E-state index in [1.54, 1.807) is 29.4 Å². The highest BCUT2D eigenvalue weighted by Gasteiger charge is 2.57. The number of aromatic nitrogens is 2. The molecule has 2 N–H and O–H groups in total. The molecule has 0 aliphatic carbocycles. The van der Waals surface area contributed by atoms with Crippen LogP contribution in [0.15, 0.2) is 61.1 Å². The molecule has 0 atom stereocenters. The van der Waals surface area contributed by atoms with E-state index in [1.165, 1.54) is 11.1 Å². The molecular weight excluding hydrogens is 448 g/mol. The van der Waals surface area contributed by atoms with E-state index in [1.807, 2.05) is 30.5 Å². The Labute approximate surface area is 200 Å². The summed E-state index contributed by atoms with van der Waals surface area (Å²) in [5.41, 5.74) is 2.67. The van der Waals surface area contributed by atoms with Gasteiger partial charge in [0.25, 0.3) is 11.8 Å². The molecule has 0 radical (unpaired) electrons. The van der Waals surface area contributed by atoms with Crippen molar-refractivity contribution in [3.05, 3.63) is 72.2 Å². The molecule has 0 saturated carbocycles. The first kappa shape index (κ1) is 21.1. The molecule has 3 aromatic rings. The van der Waals surface area contributed by atoms with Crippen molar-refractivity contribution in [1.29, 1.82) is 0 Å². The Morgan fingerprint density at radius 3 is 2.49 bits per heavy atom. The van der Waals surface area contributed by atoms with E-state index in [4.69, 9.17) is 4.74 Å². The minimum atomic E-state index is -1.45. The van der Waals surface area contributed by atoms with E-state index in [-0.39, 0.29) is 0 Å². The van der Waals surface area contributed by atoms with Gasteiger partial charge in [-0.2, -0.15) is 0 Å². The summed E-state index contributed by atoms with van der Waals surface area (Å²) < 4.78 is 5.99. The smallest absolute Gasteiger partial charge is 0.328 e. The first-order valence-electron chi connectivity index (χ1n) is 11.4. The number of rotatable bonds is 4. The molecule has 10 heteroatoms. The molecule has 0 bridgehead atoms. The van der Waals surface area contributed by atoms with Crippen LogP contribution in [-0.4, -0.2) is 39.9 Å². The fraction of sp³-hybridized carbons (Fsp3) is 0.240. The molecule has 2 fully saturated rings. The van der Waals surface area contributed by atoms with Crippen molar-refractivity contribution < 1.29 is 19.1 Å². The largest absolute Gasteiger partial charge is 0.439 e. The van der Waals surface area contributed by atoms with Gasteiger partial charge in [0.1, 0.15) is 5.75 Å². The van der Waals surface area contributed by atoms with Gasteiger partial charge in [-0.05, 0) is 54.3 Å². The van der Waals surface area contributed by atoms with Gasteiger partial charge in [0.15, 0.2) is 5.54 Å². The van der Waals surface area contributed by atoms with Gasteiger partial charge in [0.05, 0.1) is 23.8 Å². The van der Waals surface area contributed by atoms with Crippen LogP contribution in [0.3, 0.4) is 0 Å². The van der Waals surface area contributed by atoms with Gasteiger partial charge in [-0.1, -0.05) is 6.07 Å². The maximum absolute atomic E-state index is 12.7. The van der Waals surface area contributed by atoms with Crippen molar-refractivity contribution in [3.8, 4) is 11.6 Å². The number of amides is 4. The second kappa shape index (κ2) is 8.08. The highest BCUT2D eigenvalue weighted by atomic mass is 16.5. The minimum absolute atomic E-state index is 0.321. The predicted molar refractivity (Wildman–Crippen MR) is 126 cm³/mol.